The van der Waals surface area contributed by atoms with E-state index >= 15 is 0 Å². The Kier molecular flexibility index (Phi) is 7.64. The van der Waals surface area contributed by atoms with Crippen molar-refractivity contribution in [2.75, 3.05) is 37.7 Å². The van der Waals surface area contributed by atoms with Crippen LogP contribution in [-0.2, 0) is 20.7 Å². The van der Waals surface area contributed by atoms with Crippen LogP contribution >= 0.6 is 11.6 Å². The maximum atomic E-state index is 13.2. The lowest BCUT2D eigenvalue weighted by Gasteiger charge is -2.38. The lowest BCUT2D eigenvalue weighted by atomic mass is 9.93. The summed E-state index contributed by atoms with van der Waals surface area (Å²) in [7, 11) is 0. The molecule has 0 saturated carbocycles. The van der Waals surface area contributed by atoms with Gasteiger partial charge in [0, 0.05) is 55.4 Å². The van der Waals surface area contributed by atoms with Gasteiger partial charge in [-0.3, -0.25) is 9.36 Å². The molecule has 0 spiro atoms. The number of ether oxygens (including phenoxy) is 2. The fraction of sp³-hybridized carbons (Fsp3) is 0.441. The molecule has 47 heavy (non-hydrogen) atoms. The van der Waals surface area contributed by atoms with E-state index < -0.39 is 18.1 Å². The van der Waals surface area contributed by atoms with Crippen molar-refractivity contribution in [2.45, 2.75) is 57.2 Å². The van der Waals surface area contributed by atoms with Crippen LogP contribution in [0.2, 0.25) is 5.02 Å². The topological polar surface area (TPSA) is 136 Å². The predicted octanol–water partition coefficient (Wildman–Crippen LogP) is 5.25. The van der Waals surface area contributed by atoms with E-state index in [9.17, 15) is 14.7 Å². The van der Waals surface area contributed by atoms with Crippen LogP contribution in [0.15, 0.2) is 46.9 Å². The third kappa shape index (κ3) is 5.42. The molecule has 1 amide bonds. The summed E-state index contributed by atoms with van der Waals surface area (Å²) in [4.78, 5) is 44.2. The molecule has 3 aromatic heterocycles. The number of amides is 1. The maximum Gasteiger partial charge on any atom is 0.326 e. The van der Waals surface area contributed by atoms with Crippen LogP contribution in [0.3, 0.4) is 0 Å². The van der Waals surface area contributed by atoms with Crippen LogP contribution in [0, 0.1) is 5.92 Å². The highest BCUT2D eigenvalue weighted by Crippen LogP contribution is 2.40. The van der Waals surface area contributed by atoms with Crippen molar-refractivity contribution >= 4 is 62.4 Å². The Morgan fingerprint density at radius 1 is 1.06 bits per heavy atom. The SMILES string of the molecule is C[C@@H]1CN2CC[C@H]1n1c(nc3ccc(Cl)cc31)O[C@H]1C[C@@H](C(=O)O)N(C1)c1nc(nc3c1oc1ccccc13)CCOCCCC2=O. The molecule has 2 fully saturated rings. The molecule has 12 nitrogen and oxygen atoms in total. The zero-order chi connectivity index (χ0) is 32.2. The van der Waals surface area contributed by atoms with Gasteiger partial charge in [-0.05, 0) is 49.1 Å². The molecule has 4 atom stereocenters. The smallest absolute Gasteiger partial charge is 0.326 e. The number of imidazole rings is 1. The zero-order valence-corrected chi connectivity index (χ0v) is 26.7. The molecule has 13 heteroatoms. The summed E-state index contributed by atoms with van der Waals surface area (Å²) in [5.41, 5.74) is 3.29. The Hall–Kier alpha value is -4.42. The number of hydrogen-bond acceptors (Lipinski definition) is 9. The van der Waals surface area contributed by atoms with Gasteiger partial charge >= 0.3 is 5.97 Å². The van der Waals surface area contributed by atoms with E-state index in [1.165, 1.54) is 0 Å². The molecule has 2 saturated heterocycles. The van der Waals surface area contributed by atoms with Crippen LogP contribution in [-0.4, -0.2) is 86.4 Å². The lowest BCUT2D eigenvalue weighted by molar-refractivity contribution is -0.138. The Morgan fingerprint density at radius 2 is 1.94 bits per heavy atom. The molecule has 6 bridgehead atoms. The number of carbonyl (C=O) groups is 2. The van der Waals surface area contributed by atoms with Crippen LogP contribution in [0.5, 0.6) is 6.01 Å². The molecule has 0 aliphatic carbocycles. The van der Waals surface area contributed by atoms with Crippen LogP contribution in [0.4, 0.5) is 5.82 Å². The van der Waals surface area contributed by atoms with Crippen molar-refractivity contribution in [1.82, 2.24) is 24.4 Å². The quantitative estimate of drug-likeness (QED) is 0.254. The number of anilines is 1. The van der Waals surface area contributed by atoms with E-state index in [1.807, 2.05) is 41.3 Å². The van der Waals surface area contributed by atoms with E-state index in [0.717, 1.165) is 22.8 Å². The normalized spacial score (nSPS) is 24.2. The van der Waals surface area contributed by atoms with Gasteiger partial charge in [0.1, 0.15) is 29.1 Å². The van der Waals surface area contributed by atoms with E-state index in [2.05, 4.69) is 11.5 Å². The molecular weight excluding hydrogens is 624 g/mol. The maximum absolute atomic E-state index is 13.2. The fourth-order valence-electron chi connectivity index (χ4n) is 7.37. The van der Waals surface area contributed by atoms with Gasteiger partial charge in [-0.2, -0.15) is 4.98 Å². The number of hydrogen-bond donors (Lipinski definition) is 1. The van der Waals surface area contributed by atoms with Crippen molar-refractivity contribution < 1.29 is 28.6 Å². The number of piperidine rings is 1. The van der Waals surface area contributed by atoms with Crippen LogP contribution < -0.4 is 9.64 Å². The first-order valence-corrected chi connectivity index (χ1v) is 16.6. The minimum atomic E-state index is -0.979. The molecule has 9 rings (SSSR count). The number of aliphatic carboxylic acids is 1. The van der Waals surface area contributed by atoms with Gasteiger partial charge in [-0.15, -0.1) is 0 Å². The van der Waals surface area contributed by atoms with Gasteiger partial charge in [-0.25, -0.2) is 14.8 Å². The number of benzene rings is 2. The third-order valence-corrected chi connectivity index (χ3v) is 9.89. The molecule has 7 heterocycles. The monoisotopic (exact) mass is 658 g/mol. The molecule has 4 aliphatic rings. The summed E-state index contributed by atoms with van der Waals surface area (Å²) in [6.45, 7) is 4.43. The van der Waals surface area contributed by atoms with Crippen molar-refractivity contribution in [3.63, 3.8) is 0 Å². The number of furan rings is 1. The highest BCUT2D eigenvalue weighted by Gasteiger charge is 2.42. The van der Waals surface area contributed by atoms with Crippen molar-refractivity contribution in [3.05, 3.63) is 53.3 Å². The summed E-state index contributed by atoms with van der Waals surface area (Å²) >= 11 is 6.47. The van der Waals surface area contributed by atoms with Gasteiger partial charge in [0.2, 0.25) is 5.91 Å². The van der Waals surface area contributed by atoms with Crippen LogP contribution in [0.1, 0.15) is 44.5 Å². The summed E-state index contributed by atoms with van der Waals surface area (Å²) in [6.07, 6.45) is 1.87. The minimum absolute atomic E-state index is 0.00109. The minimum Gasteiger partial charge on any atom is -0.480 e. The predicted molar refractivity (Wildman–Crippen MR) is 175 cm³/mol. The Bertz CT molecular complexity index is 2010. The summed E-state index contributed by atoms with van der Waals surface area (Å²) in [5.74, 6) is 0.198. The number of nitrogens with zero attached hydrogens (tertiary/aromatic N) is 6. The first-order chi connectivity index (χ1) is 22.8. The second kappa shape index (κ2) is 12.0. The van der Waals surface area contributed by atoms with E-state index in [-0.39, 0.29) is 30.8 Å². The first kappa shape index (κ1) is 29.9. The largest absolute Gasteiger partial charge is 0.480 e. The van der Waals surface area contributed by atoms with E-state index in [4.69, 9.17) is 40.4 Å². The second-order valence-corrected chi connectivity index (χ2v) is 13.2. The Labute approximate surface area is 275 Å². The van der Waals surface area contributed by atoms with Gasteiger partial charge in [-0.1, -0.05) is 30.7 Å². The molecule has 244 valence electrons. The van der Waals surface area contributed by atoms with Crippen molar-refractivity contribution in [1.29, 1.82) is 0 Å². The van der Waals surface area contributed by atoms with E-state index in [1.54, 1.807) is 11.0 Å². The Morgan fingerprint density at radius 3 is 2.79 bits per heavy atom. The number of aromatic nitrogens is 4. The standard InChI is InChI=1S/C34H35ClN6O6/c1-19-17-39-12-10-24(19)41-25-15-20(35)8-9-23(25)36-34(41)46-21-16-26(33(43)44)40(18-21)32-31-30(22-5-2-3-6-27(22)47-31)37-28(38-32)11-14-45-13-4-7-29(39)42/h2-3,5-6,8-9,15,19,21,24,26H,4,7,10-14,16-18H2,1H3,(H,43,44)/t19-,21+,24-,26+/m1/s1. The van der Waals surface area contributed by atoms with E-state index in [0.29, 0.717) is 84.9 Å². The average molecular weight is 659 g/mol. The number of para-hydroxylation sites is 1. The van der Waals surface area contributed by atoms with Gasteiger partial charge in [0.05, 0.1) is 24.2 Å². The lowest BCUT2D eigenvalue weighted by Crippen LogP contribution is -2.43. The molecule has 2 aromatic carbocycles. The number of halogens is 1. The van der Waals surface area contributed by atoms with Crippen molar-refractivity contribution in [2.24, 2.45) is 5.92 Å². The number of carboxylic acids is 1. The summed E-state index contributed by atoms with van der Waals surface area (Å²) < 4.78 is 21.0. The number of carbonyl (C=O) groups excluding carboxylic acids is 1. The van der Waals surface area contributed by atoms with Gasteiger partial charge in [0.15, 0.2) is 11.4 Å². The number of fused-ring (bicyclic) bond motifs is 12. The molecule has 0 radical (unpaired) electrons. The second-order valence-electron chi connectivity index (χ2n) is 12.8. The average Bonchev–Trinajstić information content (AvgIpc) is 3.75. The van der Waals surface area contributed by atoms with Gasteiger partial charge < -0.3 is 28.8 Å². The zero-order valence-electron chi connectivity index (χ0n) is 26.0. The first-order valence-electron chi connectivity index (χ1n) is 16.2. The number of rotatable bonds is 1. The third-order valence-electron chi connectivity index (χ3n) is 9.65. The fourth-order valence-corrected chi connectivity index (χ4v) is 7.53. The highest BCUT2D eigenvalue weighted by molar-refractivity contribution is 6.31. The molecule has 5 aromatic rings. The van der Waals surface area contributed by atoms with Crippen molar-refractivity contribution in [3.8, 4) is 6.01 Å². The molecule has 4 aliphatic heterocycles. The molecular formula is C34H35ClN6O6. The summed E-state index contributed by atoms with van der Waals surface area (Å²) in [5, 5.41) is 11.9. The van der Waals surface area contributed by atoms with Crippen LogP contribution in [0.25, 0.3) is 33.1 Å². The summed E-state index contributed by atoms with van der Waals surface area (Å²) in [6, 6.07) is 12.7. The van der Waals surface area contributed by atoms with Gasteiger partial charge in [0.25, 0.3) is 6.01 Å². The molecule has 1 N–H and O–H groups in total. The molecule has 0 unspecified atom stereocenters. The number of carboxylic acid groups (broad SMARTS) is 1. The highest BCUT2D eigenvalue weighted by atomic mass is 35.5. The Balaban J connectivity index is 1.23.